The lowest BCUT2D eigenvalue weighted by Crippen LogP contribution is -1.83. The standard InChI is InChI=1S/C11H9NS/c1-2-9-5-3-7-12-11(9)10-6-4-8-13-10/h2-8H,1H2. The van der Waals surface area contributed by atoms with Crippen LogP contribution in [-0.4, -0.2) is 4.98 Å². The van der Waals surface area contributed by atoms with Gasteiger partial charge in [0, 0.05) is 11.8 Å². The molecule has 1 nitrogen and oxygen atoms in total. The second-order valence-electron chi connectivity index (χ2n) is 2.62. The third-order valence-corrected chi connectivity index (χ3v) is 2.69. The first-order valence-electron chi connectivity index (χ1n) is 4.03. The van der Waals surface area contributed by atoms with Crippen LogP contribution in [0.1, 0.15) is 5.56 Å². The molecule has 0 aliphatic heterocycles. The molecule has 0 atom stereocenters. The van der Waals surface area contributed by atoms with E-state index in [0.717, 1.165) is 11.3 Å². The van der Waals surface area contributed by atoms with Gasteiger partial charge in [0.15, 0.2) is 0 Å². The first kappa shape index (κ1) is 8.20. The lowest BCUT2D eigenvalue weighted by molar-refractivity contribution is 1.33. The van der Waals surface area contributed by atoms with E-state index in [0.29, 0.717) is 0 Å². The highest BCUT2D eigenvalue weighted by molar-refractivity contribution is 7.13. The van der Waals surface area contributed by atoms with Crippen molar-refractivity contribution in [3.8, 4) is 10.6 Å². The fraction of sp³-hybridized carbons (Fsp3) is 0. The van der Waals surface area contributed by atoms with Crippen LogP contribution in [0.15, 0.2) is 42.4 Å². The molecule has 0 fully saturated rings. The first-order valence-corrected chi connectivity index (χ1v) is 4.91. The molecule has 2 rings (SSSR count). The Labute approximate surface area is 81.4 Å². The summed E-state index contributed by atoms with van der Waals surface area (Å²) in [6.07, 6.45) is 3.64. The molecule has 0 spiro atoms. The fourth-order valence-corrected chi connectivity index (χ4v) is 1.94. The normalized spacial score (nSPS) is 9.85. The highest BCUT2D eigenvalue weighted by Crippen LogP contribution is 2.25. The second kappa shape index (κ2) is 3.54. The van der Waals surface area contributed by atoms with Crippen molar-refractivity contribution < 1.29 is 0 Å². The molecule has 0 N–H and O–H groups in total. The van der Waals surface area contributed by atoms with Crippen LogP contribution in [0, 0.1) is 0 Å². The predicted octanol–water partition coefficient (Wildman–Crippen LogP) is 3.45. The third kappa shape index (κ3) is 1.53. The molecule has 0 saturated carbocycles. The van der Waals surface area contributed by atoms with Gasteiger partial charge in [-0.05, 0) is 17.5 Å². The van der Waals surface area contributed by atoms with Gasteiger partial charge in [0.25, 0.3) is 0 Å². The van der Waals surface area contributed by atoms with E-state index >= 15 is 0 Å². The maximum atomic E-state index is 4.33. The van der Waals surface area contributed by atoms with Gasteiger partial charge in [-0.2, -0.15) is 0 Å². The van der Waals surface area contributed by atoms with Gasteiger partial charge in [0.05, 0.1) is 10.6 Å². The van der Waals surface area contributed by atoms with Crippen molar-refractivity contribution in [1.82, 2.24) is 4.98 Å². The third-order valence-electron chi connectivity index (χ3n) is 1.81. The van der Waals surface area contributed by atoms with Crippen LogP contribution in [0.5, 0.6) is 0 Å². The topological polar surface area (TPSA) is 12.9 Å². The maximum absolute atomic E-state index is 4.33. The Balaban J connectivity index is 2.57. The predicted molar refractivity (Wildman–Crippen MR) is 57.6 cm³/mol. The van der Waals surface area contributed by atoms with Crippen molar-refractivity contribution in [2.45, 2.75) is 0 Å². The van der Waals surface area contributed by atoms with E-state index in [2.05, 4.69) is 23.0 Å². The molecule has 2 aromatic heterocycles. The summed E-state index contributed by atoms with van der Waals surface area (Å²) in [6.45, 7) is 3.77. The molecular formula is C11H9NS. The van der Waals surface area contributed by atoms with Crippen LogP contribution in [0.25, 0.3) is 16.6 Å². The molecule has 0 amide bonds. The lowest BCUT2D eigenvalue weighted by atomic mass is 10.2. The summed E-state index contributed by atoms with van der Waals surface area (Å²) in [7, 11) is 0. The summed E-state index contributed by atoms with van der Waals surface area (Å²) in [5, 5.41) is 2.05. The molecular weight excluding hydrogens is 178 g/mol. The molecule has 0 radical (unpaired) electrons. The van der Waals surface area contributed by atoms with Gasteiger partial charge in [-0.1, -0.05) is 24.8 Å². The minimum absolute atomic E-state index is 1.02. The van der Waals surface area contributed by atoms with E-state index in [1.165, 1.54) is 4.88 Å². The van der Waals surface area contributed by atoms with Crippen LogP contribution in [0.4, 0.5) is 0 Å². The Kier molecular flexibility index (Phi) is 2.23. The molecule has 2 aromatic rings. The van der Waals surface area contributed by atoms with Crippen LogP contribution in [0.2, 0.25) is 0 Å². The smallest absolute Gasteiger partial charge is 0.0873 e. The van der Waals surface area contributed by atoms with Gasteiger partial charge in [0.1, 0.15) is 0 Å². The van der Waals surface area contributed by atoms with Gasteiger partial charge in [-0.15, -0.1) is 11.3 Å². The Morgan fingerprint density at radius 2 is 2.23 bits per heavy atom. The summed E-state index contributed by atoms with van der Waals surface area (Å²) in [6, 6.07) is 8.05. The zero-order chi connectivity index (χ0) is 9.10. The molecule has 2 heteroatoms. The summed E-state index contributed by atoms with van der Waals surface area (Å²) >= 11 is 1.70. The molecule has 0 saturated heterocycles. The SMILES string of the molecule is C=Cc1cccnc1-c1cccs1. The van der Waals surface area contributed by atoms with Crippen molar-refractivity contribution in [3.05, 3.63) is 48.0 Å². The zero-order valence-corrected chi connectivity index (χ0v) is 7.92. The minimum Gasteiger partial charge on any atom is -0.255 e. The van der Waals surface area contributed by atoms with Crippen LogP contribution >= 0.6 is 11.3 Å². The van der Waals surface area contributed by atoms with E-state index in [1.54, 1.807) is 11.3 Å². The van der Waals surface area contributed by atoms with E-state index in [-0.39, 0.29) is 0 Å². The van der Waals surface area contributed by atoms with E-state index in [9.17, 15) is 0 Å². The van der Waals surface area contributed by atoms with Crippen molar-refractivity contribution in [1.29, 1.82) is 0 Å². The zero-order valence-electron chi connectivity index (χ0n) is 7.10. The van der Waals surface area contributed by atoms with Crippen molar-refractivity contribution in [3.63, 3.8) is 0 Å². The van der Waals surface area contributed by atoms with Gasteiger partial charge in [-0.25, -0.2) is 0 Å². The highest BCUT2D eigenvalue weighted by atomic mass is 32.1. The van der Waals surface area contributed by atoms with Gasteiger partial charge >= 0.3 is 0 Å². The van der Waals surface area contributed by atoms with Crippen molar-refractivity contribution in [2.24, 2.45) is 0 Å². The average molecular weight is 187 g/mol. The molecule has 0 unspecified atom stereocenters. The number of aromatic nitrogens is 1. The number of nitrogens with zero attached hydrogens (tertiary/aromatic N) is 1. The number of thiophene rings is 1. The van der Waals surface area contributed by atoms with Crippen LogP contribution in [-0.2, 0) is 0 Å². The summed E-state index contributed by atoms with van der Waals surface area (Å²) < 4.78 is 0. The van der Waals surface area contributed by atoms with Gasteiger partial charge in [-0.3, -0.25) is 4.98 Å². The van der Waals surface area contributed by atoms with E-state index in [4.69, 9.17) is 0 Å². The first-order chi connectivity index (χ1) is 6.42. The molecule has 0 bridgehead atoms. The van der Waals surface area contributed by atoms with E-state index in [1.807, 2.05) is 30.5 Å². The monoisotopic (exact) mass is 187 g/mol. The molecule has 0 aromatic carbocycles. The summed E-state index contributed by atoms with van der Waals surface area (Å²) in [5.41, 5.74) is 2.11. The van der Waals surface area contributed by atoms with Crippen molar-refractivity contribution >= 4 is 17.4 Å². The fourth-order valence-electron chi connectivity index (χ4n) is 1.20. The Morgan fingerprint density at radius 3 is 2.92 bits per heavy atom. The van der Waals surface area contributed by atoms with Gasteiger partial charge in [0.2, 0.25) is 0 Å². The summed E-state index contributed by atoms with van der Waals surface area (Å²) in [5.74, 6) is 0. The number of hydrogen-bond donors (Lipinski definition) is 0. The quantitative estimate of drug-likeness (QED) is 0.701. The number of rotatable bonds is 2. The summed E-state index contributed by atoms with van der Waals surface area (Å²) in [4.78, 5) is 5.52. The molecule has 2 heterocycles. The maximum Gasteiger partial charge on any atom is 0.0873 e. The van der Waals surface area contributed by atoms with E-state index < -0.39 is 0 Å². The molecule has 0 aliphatic rings. The Hall–Kier alpha value is -1.41. The largest absolute Gasteiger partial charge is 0.255 e. The molecule has 13 heavy (non-hydrogen) atoms. The second-order valence-corrected chi connectivity index (χ2v) is 3.57. The lowest BCUT2D eigenvalue weighted by Gasteiger charge is -2.00. The molecule has 0 aliphatic carbocycles. The van der Waals surface area contributed by atoms with Crippen LogP contribution in [0.3, 0.4) is 0 Å². The highest BCUT2D eigenvalue weighted by Gasteiger charge is 2.02. The van der Waals surface area contributed by atoms with Gasteiger partial charge < -0.3 is 0 Å². The molecule has 64 valence electrons. The van der Waals surface area contributed by atoms with Crippen LogP contribution < -0.4 is 0 Å². The van der Waals surface area contributed by atoms with Crippen molar-refractivity contribution in [2.75, 3.05) is 0 Å². The number of pyridine rings is 1. The minimum atomic E-state index is 1.02. The average Bonchev–Trinajstić information content (AvgIpc) is 2.70. The Bertz CT molecular complexity index is 404. The number of hydrogen-bond acceptors (Lipinski definition) is 2. The Morgan fingerprint density at radius 1 is 1.31 bits per heavy atom.